The Hall–Kier alpha value is -0.420. The first-order chi connectivity index (χ1) is 6.97. The summed E-state index contributed by atoms with van der Waals surface area (Å²) in [7, 11) is -0.919. The van der Waals surface area contributed by atoms with E-state index in [1.54, 1.807) is 13.8 Å². The van der Waals surface area contributed by atoms with E-state index >= 15 is 0 Å². The molecule has 0 amide bonds. The van der Waals surface area contributed by atoms with Crippen LogP contribution in [0.4, 0.5) is 0 Å². The molecule has 0 aromatic rings. The maximum absolute atomic E-state index is 11.5. The molecule has 0 saturated heterocycles. The first-order valence-corrected chi connectivity index (χ1v) is 6.21. The molecule has 1 atom stereocenters. The summed E-state index contributed by atoms with van der Waals surface area (Å²) in [5.41, 5.74) is 0. The van der Waals surface area contributed by atoms with Crippen molar-refractivity contribution in [2.75, 3.05) is 27.0 Å². The predicted molar refractivity (Wildman–Crippen MR) is 53.7 cm³/mol. The maximum Gasteiger partial charge on any atom is 0.341 e. The van der Waals surface area contributed by atoms with Crippen LogP contribution in [0.25, 0.3) is 0 Å². The fraction of sp³-hybridized carbons (Fsp3) is 0.875. The lowest BCUT2D eigenvalue weighted by atomic mass is 10.7. The van der Waals surface area contributed by atoms with Gasteiger partial charge in [0.1, 0.15) is 6.16 Å². The second-order valence-electron chi connectivity index (χ2n) is 2.65. The molecule has 0 rings (SSSR count). The van der Waals surface area contributed by atoms with Gasteiger partial charge < -0.3 is 18.5 Å². The van der Waals surface area contributed by atoms with Gasteiger partial charge in [-0.25, -0.2) is 0 Å². The molecule has 0 N–H and O–H groups in total. The molecule has 15 heavy (non-hydrogen) atoms. The third-order valence-corrected chi connectivity index (χ3v) is 3.34. The van der Waals surface area contributed by atoms with Gasteiger partial charge in [0.2, 0.25) is 0 Å². The smallest absolute Gasteiger partial charge is 0.341 e. The predicted octanol–water partition coefficient (Wildman–Crippen LogP) is 1.40. The molecule has 0 aliphatic heterocycles. The highest BCUT2D eigenvalue weighted by atomic mass is 31.2. The van der Waals surface area contributed by atoms with Crippen LogP contribution in [0, 0.1) is 0 Å². The Balaban J connectivity index is 4.08. The summed E-state index contributed by atoms with van der Waals surface area (Å²) in [5.74, 6) is -0.678. The van der Waals surface area contributed by atoms with Gasteiger partial charge >= 0.3 is 13.6 Å². The lowest BCUT2D eigenvalue weighted by Gasteiger charge is -2.15. The number of ether oxygens (including phenoxy) is 2. The zero-order chi connectivity index (χ0) is 11.9. The molecule has 0 fully saturated rings. The van der Waals surface area contributed by atoms with Crippen molar-refractivity contribution in [2.45, 2.75) is 20.1 Å². The van der Waals surface area contributed by atoms with E-state index < -0.39 is 26.0 Å². The van der Waals surface area contributed by atoms with Crippen molar-refractivity contribution in [3.8, 4) is 0 Å². The summed E-state index contributed by atoms with van der Waals surface area (Å²) < 4.78 is 30.5. The summed E-state index contributed by atoms with van der Waals surface area (Å²) in [6.45, 7) is 3.78. The average Bonchev–Trinajstić information content (AvgIpc) is 2.17. The summed E-state index contributed by atoms with van der Waals surface area (Å²) in [6.07, 6.45) is -1.08. The summed E-state index contributed by atoms with van der Waals surface area (Å²) in [6, 6.07) is 0. The Labute approximate surface area is 89.4 Å². The Morgan fingerprint density at radius 2 is 1.87 bits per heavy atom. The first-order valence-electron chi connectivity index (χ1n) is 4.49. The SMILES string of the molecule is CCOC(C)OC(=O)CP(=O)(OC)OC. The molecule has 0 aromatic heterocycles. The van der Waals surface area contributed by atoms with Crippen molar-refractivity contribution in [1.82, 2.24) is 0 Å². The number of hydrogen-bond acceptors (Lipinski definition) is 6. The average molecular weight is 240 g/mol. The highest BCUT2D eigenvalue weighted by Crippen LogP contribution is 2.46. The number of hydrogen-bond donors (Lipinski definition) is 0. The molecule has 0 aliphatic rings. The second kappa shape index (κ2) is 6.95. The molecule has 0 radical (unpaired) electrons. The van der Waals surface area contributed by atoms with Crippen LogP contribution in [0.5, 0.6) is 0 Å². The van der Waals surface area contributed by atoms with E-state index in [0.717, 1.165) is 0 Å². The second-order valence-corrected chi connectivity index (χ2v) is 4.92. The third kappa shape index (κ3) is 5.89. The molecule has 0 saturated carbocycles. The van der Waals surface area contributed by atoms with Gasteiger partial charge in [0, 0.05) is 20.8 Å². The lowest BCUT2D eigenvalue weighted by Crippen LogP contribution is -2.21. The number of carbonyl (C=O) groups is 1. The minimum atomic E-state index is -3.34. The Bertz CT molecular complexity index is 233. The van der Waals surface area contributed by atoms with E-state index in [9.17, 15) is 9.36 Å². The minimum Gasteiger partial charge on any atom is -0.436 e. The molecule has 1 unspecified atom stereocenters. The zero-order valence-corrected chi connectivity index (χ0v) is 10.3. The van der Waals surface area contributed by atoms with E-state index in [2.05, 4.69) is 9.05 Å². The van der Waals surface area contributed by atoms with Gasteiger partial charge in [0.05, 0.1) is 0 Å². The highest BCUT2D eigenvalue weighted by molar-refractivity contribution is 7.54. The topological polar surface area (TPSA) is 71.1 Å². The Kier molecular flexibility index (Phi) is 6.76. The normalized spacial score (nSPS) is 13.6. The largest absolute Gasteiger partial charge is 0.436 e. The van der Waals surface area contributed by atoms with E-state index in [0.29, 0.717) is 6.61 Å². The summed E-state index contributed by atoms with van der Waals surface area (Å²) >= 11 is 0. The van der Waals surface area contributed by atoms with Crippen molar-refractivity contribution < 1.29 is 27.9 Å². The Morgan fingerprint density at radius 1 is 1.33 bits per heavy atom. The Morgan fingerprint density at radius 3 is 2.27 bits per heavy atom. The van der Waals surface area contributed by atoms with E-state index in [1.165, 1.54) is 14.2 Å². The van der Waals surface area contributed by atoms with Crippen LogP contribution < -0.4 is 0 Å². The number of esters is 1. The van der Waals surface area contributed by atoms with Gasteiger partial charge in [-0.15, -0.1) is 0 Å². The van der Waals surface area contributed by atoms with Crippen molar-refractivity contribution in [3.63, 3.8) is 0 Å². The molecule has 0 aliphatic carbocycles. The molecule has 0 bridgehead atoms. The van der Waals surface area contributed by atoms with Crippen LogP contribution in [0.2, 0.25) is 0 Å². The van der Waals surface area contributed by atoms with Crippen LogP contribution >= 0.6 is 7.60 Å². The number of carbonyl (C=O) groups excluding carboxylic acids is 1. The molecule has 7 heteroatoms. The van der Waals surface area contributed by atoms with Crippen LogP contribution in [0.15, 0.2) is 0 Å². The summed E-state index contributed by atoms with van der Waals surface area (Å²) in [4.78, 5) is 11.2. The fourth-order valence-electron chi connectivity index (χ4n) is 0.853. The van der Waals surface area contributed by atoms with Gasteiger partial charge in [-0.3, -0.25) is 9.36 Å². The van der Waals surface area contributed by atoms with Crippen LogP contribution in [-0.2, 0) is 27.9 Å². The number of rotatable bonds is 7. The van der Waals surface area contributed by atoms with Crippen LogP contribution in [0.1, 0.15) is 13.8 Å². The molecule has 0 spiro atoms. The van der Waals surface area contributed by atoms with Gasteiger partial charge in [0.25, 0.3) is 0 Å². The van der Waals surface area contributed by atoms with Crippen LogP contribution in [0.3, 0.4) is 0 Å². The van der Waals surface area contributed by atoms with E-state index in [4.69, 9.17) is 9.47 Å². The van der Waals surface area contributed by atoms with E-state index in [1.807, 2.05) is 0 Å². The maximum atomic E-state index is 11.5. The molecular weight excluding hydrogens is 223 g/mol. The van der Waals surface area contributed by atoms with Gasteiger partial charge in [-0.2, -0.15) is 0 Å². The van der Waals surface area contributed by atoms with Gasteiger partial charge in [0.15, 0.2) is 6.29 Å². The van der Waals surface area contributed by atoms with Crippen molar-refractivity contribution in [2.24, 2.45) is 0 Å². The zero-order valence-electron chi connectivity index (χ0n) is 9.39. The van der Waals surface area contributed by atoms with Crippen molar-refractivity contribution in [1.29, 1.82) is 0 Å². The van der Waals surface area contributed by atoms with E-state index in [-0.39, 0.29) is 0 Å². The third-order valence-electron chi connectivity index (χ3n) is 1.58. The van der Waals surface area contributed by atoms with Gasteiger partial charge in [-0.1, -0.05) is 0 Å². The molecule has 6 nitrogen and oxygen atoms in total. The fourth-order valence-corrected chi connectivity index (χ4v) is 1.65. The lowest BCUT2D eigenvalue weighted by molar-refractivity contribution is -0.170. The minimum absolute atomic E-state index is 0.419. The molecule has 90 valence electrons. The highest BCUT2D eigenvalue weighted by Gasteiger charge is 2.27. The van der Waals surface area contributed by atoms with Crippen LogP contribution in [-0.4, -0.2) is 39.2 Å². The summed E-state index contributed by atoms with van der Waals surface area (Å²) in [5, 5.41) is 0. The van der Waals surface area contributed by atoms with Crippen molar-refractivity contribution >= 4 is 13.6 Å². The monoisotopic (exact) mass is 240 g/mol. The molecular formula is C8H17O6P. The molecule has 0 heterocycles. The first kappa shape index (κ1) is 14.6. The molecule has 0 aromatic carbocycles. The van der Waals surface area contributed by atoms with Gasteiger partial charge in [-0.05, 0) is 13.8 Å². The van der Waals surface area contributed by atoms with Crippen molar-refractivity contribution in [3.05, 3.63) is 0 Å². The quantitative estimate of drug-likeness (QED) is 0.380. The standard InChI is InChI=1S/C8H17O6P/c1-5-13-7(2)14-8(9)6-15(10,11-3)12-4/h7H,5-6H2,1-4H3.